The third-order valence-corrected chi connectivity index (χ3v) is 4.31. The van der Waals surface area contributed by atoms with Crippen LogP contribution in [0.1, 0.15) is 51.5 Å². The molecule has 1 fully saturated rings. The van der Waals surface area contributed by atoms with Gasteiger partial charge in [0.15, 0.2) is 0 Å². The van der Waals surface area contributed by atoms with E-state index < -0.39 is 0 Å². The molecular formula is C15H24N2O. The number of hydrogen-bond donors (Lipinski definition) is 0. The first-order chi connectivity index (χ1) is 8.49. The molecule has 0 spiro atoms. The molecule has 1 aliphatic carbocycles. The number of aryl methyl sites for hydroxylation is 2. The Hall–Kier alpha value is -1.12. The molecule has 0 N–H and O–H groups in total. The summed E-state index contributed by atoms with van der Waals surface area (Å²) in [6, 6.07) is 0. The van der Waals surface area contributed by atoms with Gasteiger partial charge in [-0.1, -0.05) is 26.7 Å². The minimum atomic E-state index is 0.199. The molecule has 3 heteroatoms. The third-order valence-electron chi connectivity index (χ3n) is 4.31. The highest BCUT2D eigenvalue weighted by atomic mass is 16.1. The zero-order valence-electron chi connectivity index (χ0n) is 11.8. The van der Waals surface area contributed by atoms with Crippen molar-refractivity contribution in [3.8, 4) is 0 Å². The monoisotopic (exact) mass is 248 g/mol. The molecule has 100 valence electrons. The van der Waals surface area contributed by atoms with E-state index in [2.05, 4.69) is 18.9 Å². The number of Topliss-reactive ketones (excluding diaryl/α,β-unsaturated/α-hetero) is 1. The van der Waals surface area contributed by atoms with Gasteiger partial charge in [-0.05, 0) is 30.2 Å². The smallest absolute Gasteiger partial charge is 0.136 e. The van der Waals surface area contributed by atoms with Crippen molar-refractivity contribution in [2.45, 2.75) is 52.4 Å². The van der Waals surface area contributed by atoms with Gasteiger partial charge in [-0.15, -0.1) is 0 Å². The van der Waals surface area contributed by atoms with Crippen LogP contribution in [0.2, 0.25) is 0 Å². The Bertz CT molecular complexity index is 420. The summed E-state index contributed by atoms with van der Waals surface area (Å²) >= 11 is 0. The van der Waals surface area contributed by atoms with E-state index in [1.165, 1.54) is 24.8 Å². The van der Waals surface area contributed by atoms with Crippen LogP contribution in [-0.4, -0.2) is 15.6 Å². The second-order valence-corrected chi connectivity index (χ2v) is 6.28. The standard InChI is InChI=1S/C15H24N2O/c1-15(2)9-5-4-6-13(15)14(18)8-7-12-10-16-17(3)11-12/h10-11,13H,4-9H2,1-3H3. The van der Waals surface area contributed by atoms with Gasteiger partial charge in [0.05, 0.1) is 6.20 Å². The fourth-order valence-electron chi connectivity index (χ4n) is 3.13. The molecule has 18 heavy (non-hydrogen) atoms. The Labute approximate surface area is 110 Å². The molecular weight excluding hydrogens is 224 g/mol. The lowest BCUT2D eigenvalue weighted by Gasteiger charge is -2.37. The molecule has 0 aliphatic heterocycles. The largest absolute Gasteiger partial charge is 0.299 e. The van der Waals surface area contributed by atoms with Gasteiger partial charge in [0, 0.05) is 25.6 Å². The van der Waals surface area contributed by atoms with Crippen LogP contribution in [0.25, 0.3) is 0 Å². The number of carbonyl (C=O) groups excluding carboxylic acids is 1. The summed E-state index contributed by atoms with van der Waals surface area (Å²) in [4.78, 5) is 12.4. The summed E-state index contributed by atoms with van der Waals surface area (Å²) in [5.41, 5.74) is 1.36. The van der Waals surface area contributed by atoms with Gasteiger partial charge in [0.1, 0.15) is 5.78 Å². The molecule has 1 aliphatic rings. The van der Waals surface area contributed by atoms with E-state index in [4.69, 9.17) is 0 Å². The molecule has 1 saturated carbocycles. The number of nitrogens with zero attached hydrogens (tertiary/aromatic N) is 2. The van der Waals surface area contributed by atoms with Gasteiger partial charge in [-0.2, -0.15) is 5.10 Å². The van der Waals surface area contributed by atoms with E-state index in [1.807, 2.05) is 19.4 Å². The number of rotatable bonds is 4. The van der Waals surface area contributed by atoms with Crippen molar-refractivity contribution in [3.05, 3.63) is 18.0 Å². The topological polar surface area (TPSA) is 34.9 Å². The van der Waals surface area contributed by atoms with Crippen LogP contribution in [0.4, 0.5) is 0 Å². The van der Waals surface area contributed by atoms with Gasteiger partial charge in [0.25, 0.3) is 0 Å². The van der Waals surface area contributed by atoms with Gasteiger partial charge < -0.3 is 0 Å². The molecule has 0 bridgehead atoms. The van der Waals surface area contributed by atoms with Crippen molar-refractivity contribution in [1.29, 1.82) is 0 Å². The average molecular weight is 248 g/mol. The van der Waals surface area contributed by atoms with E-state index in [0.717, 1.165) is 12.8 Å². The van der Waals surface area contributed by atoms with Gasteiger partial charge in [-0.25, -0.2) is 0 Å². The van der Waals surface area contributed by atoms with E-state index in [-0.39, 0.29) is 11.3 Å². The lowest BCUT2D eigenvalue weighted by molar-refractivity contribution is -0.127. The number of ketones is 1. The normalized spacial score (nSPS) is 22.9. The predicted octanol–water partition coefficient (Wildman–Crippen LogP) is 3.14. The maximum absolute atomic E-state index is 12.4. The maximum atomic E-state index is 12.4. The van der Waals surface area contributed by atoms with Crippen LogP contribution in [0.3, 0.4) is 0 Å². The van der Waals surface area contributed by atoms with Crippen LogP contribution >= 0.6 is 0 Å². The van der Waals surface area contributed by atoms with Gasteiger partial charge in [0.2, 0.25) is 0 Å². The highest BCUT2D eigenvalue weighted by Crippen LogP contribution is 2.41. The predicted molar refractivity (Wildman–Crippen MR) is 72.3 cm³/mol. The zero-order valence-corrected chi connectivity index (χ0v) is 11.8. The highest BCUT2D eigenvalue weighted by molar-refractivity contribution is 5.82. The summed E-state index contributed by atoms with van der Waals surface area (Å²) in [6.45, 7) is 4.50. The lowest BCUT2D eigenvalue weighted by atomic mass is 9.66. The molecule has 0 saturated heterocycles. The first-order valence-corrected chi connectivity index (χ1v) is 6.99. The molecule has 1 aromatic rings. The van der Waals surface area contributed by atoms with Crippen molar-refractivity contribution in [2.24, 2.45) is 18.4 Å². The van der Waals surface area contributed by atoms with Crippen molar-refractivity contribution in [2.75, 3.05) is 0 Å². The summed E-state index contributed by atoms with van der Waals surface area (Å²) in [5, 5.41) is 4.14. The molecule has 0 amide bonds. The summed E-state index contributed by atoms with van der Waals surface area (Å²) in [5.74, 6) is 0.714. The van der Waals surface area contributed by atoms with Crippen LogP contribution in [0, 0.1) is 11.3 Å². The molecule has 1 heterocycles. The Morgan fingerprint density at radius 3 is 2.89 bits per heavy atom. The average Bonchev–Trinajstić information content (AvgIpc) is 2.71. The van der Waals surface area contributed by atoms with Crippen molar-refractivity contribution >= 4 is 5.78 Å². The Kier molecular flexibility index (Phi) is 3.88. The van der Waals surface area contributed by atoms with Crippen LogP contribution in [0.15, 0.2) is 12.4 Å². The minimum Gasteiger partial charge on any atom is -0.299 e. The first-order valence-electron chi connectivity index (χ1n) is 6.99. The van der Waals surface area contributed by atoms with Crippen LogP contribution < -0.4 is 0 Å². The van der Waals surface area contributed by atoms with Gasteiger partial charge >= 0.3 is 0 Å². The fraction of sp³-hybridized carbons (Fsp3) is 0.733. The number of hydrogen-bond acceptors (Lipinski definition) is 2. The SMILES string of the molecule is Cn1cc(CCC(=O)C2CCCCC2(C)C)cn1. The molecule has 2 rings (SSSR count). The Morgan fingerprint density at radius 2 is 2.28 bits per heavy atom. The highest BCUT2D eigenvalue weighted by Gasteiger charge is 2.36. The maximum Gasteiger partial charge on any atom is 0.136 e. The Balaban J connectivity index is 1.91. The van der Waals surface area contributed by atoms with Crippen molar-refractivity contribution in [1.82, 2.24) is 9.78 Å². The minimum absolute atomic E-state index is 0.199. The van der Waals surface area contributed by atoms with Crippen molar-refractivity contribution in [3.63, 3.8) is 0 Å². The molecule has 3 nitrogen and oxygen atoms in total. The van der Waals surface area contributed by atoms with E-state index >= 15 is 0 Å². The fourth-order valence-corrected chi connectivity index (χ4v) is 3.13. The van der Waals surface area contributed by atoms with E-state index in [1.54, 1.807) is 4.68 Å². The molecule has 0 radical (unpaired) electrons. The van der Waals surface area contributed by atoms with E-state index in [9.17, 15) is 4.79 Å². The summed E-state index contributed by atoms with van der Waals surface area (Å²) < 4.78 is 1.80. The lowest BCUT2D eigenvalue weighted by Crippen LogP contribution is -2.34. The second kappa shape index (κ2) is 5.25. The summed E-state index contributed by atoms with van der Waals surface area (Å²) in [6.07, 6.45) is 10.1. The van der Waals surface area contributed by atoms with Gasteiger partial charge in [-0.3, -0.25) is 9.48 Å². The molecule has 1 atom stereocenters. The van der Waals surface area contributed by atoms with Crippen LogP contribution in [0.5, 0.6) is 0 Å². The van der Waals surface area contributed by atoms with Crippen LogP contribution in [-0.2, 0) is 18.3 Å². The number of aromatic nitrogens is 2. The quantitative estimate of drug-likeness (QED) is 0.820. The zero-order chi connectivity index (χ0) is 13.2. The molecule has 1 aromatic heterocycles. The first kappa shape index (κ1) is 13.3. The second-order valence-electron chi connectivity index (χ2n) is 6.28. The summed E-state index contributed by atoms with van der Waals surface area (Å²) in [7, 11) is 1.91. The molecule has 1 unspecified atom stereocenters. The van der Waals surface area contributed by atoms with Crippen molar-refractivity contribution < 1.29 is 4.79 Å². The Morgan fingerprint density at radius 1 is 1.50 bits per heavy atom. The number of carbonyl (C=O) groups is 1. The van der Waals surface area contributed by atoms with E-state index in [0.29, 0.717) is 12.2 Å². The third kappa shape index (κ3) is 3.01. The molecule has 0 aromatic carbocycles.